The van der Waals surface area contributed by atoms with Crippen molar-refractivity contribution in [1.29, 1.82) is 0 Å². The third-order valence-electron chi connectivity index (χ3n) is 3.72. The van der Waals surface area contributed by atoms with Crippen LogP contribution < -0.4 is 10.1 Å². The number of hydrogen-bond donors (Lipinski definition) is 2. The maximum Gasteiger partial charge on any atom is 0.417 e. The average molecular weight is 438 g/mol. The van der Waals surface area contributed by atoms with Crippen LogP contribution in [0.4, 0.5) is 13.2 Å². The number of carbonyl (C=O) groups is 1. The molecule has 9 heteroatoms. The molecule has 0 saturated heterocycles. The van der Waals surface area contributed by atoms with Gasteiger partial charge in [-0.05, 0) is 42.3 Å². The Labute approximate surface area is 172 Å². The van der Waals surface area contributed by atoms with Gasteiger partial charge in [-0.1, -0.05) is 35.9 Å². The molecule has 28 heavy (non-hydrogen) atoms. The van der Waals surface area contributed by atoms with Gasteiger partial charge in [-0.15, -0.1) is 12.4 Å². The lowest BCUT2D eigenvalue weighted by atomic mass is 10.1. The van der Waals surface area contributed by atoms with E-state index in [1.807, 2.05) is 0 Å². The molecule has 0 unspecified atom stereocenters. The molecule has 0 radical (unpaired) electrons. The number of nitrogens with one attached hydrogen (secondary N) is 1. The van der Waals surface area contributed by atoms with Crippen molar-refractivity contribution in [1.82, 2.24) is 5.32 Å². The minimum atomic E-state index is -4.48. The van der Waals surface area contributed by atoms with Gasteiger partial charge in [0.15, 0.2) is 0 Å². The minimum absolute atomic E-state index is 0. The zero-order valence-corrected chi connectivity index (χ0v) is 16.3. The fraction of sp³-hybridized carbons (Fsp3) is 0.316. The SMILES string of the molecule is Cl.O=C(O)Cc1cccc(OCCCNCc2cccc(C(F)(F)F)c2Cl)c1. The highest BCUT2D eigenvalue weighted by Crippen LogP contribution is 2.36. The molecule has 0 fully saturated rings. The van der Waals surface area contributed by atoms with Crippen molar-refractivity contribution in [3.63, 3.8) is 0 Å². The van der Waals surface area contributed by atoms with Gasteiger partial charge in [0.25, 0.3) is 0 Å². The summed E-state index contributed by atoms with van der Waals surface area (Å²) in [5.41, 5.74) is 0.194. The third kappa shape index (κ3) is 7.58. The van der Waals surface area contributed by atoms with Crippen molar-refractivity contribution >= 4 is 30.0 Å². The Morgan fingerprint density at radius 3 is 2.57 bits per heavy atom. The standard InChI is InChI=1S/C19H19ClF3NO3.ClH/c20-18-14(5-2-7-16(18)19(21,22)23)12-24-8-3-9-27-15-6-1-4-13(10-15)11-17(25)26;/h1-2,4-7,10,24H,3,8-9,11-12H2,(H,25,26);1H. The molecule has 0 spiro atoms. The summed E-state index contributed by atoms with van der Waals surface area (Å²) < 4.78 is 44.0. The second kappa shape index (κ2) is 11.1. The number of alkyl halides is 3. The van der Waals surface area contributed by atoms with Crippen LogP contribution in [0.2, 0.25) is 5.02 Å². The molecule has 0 aliphatic rings. The molecule has 2 N–H and O–H groups in total. The lowest BCUT2D eigenvalue weighted by Gasteiger charge is -2.13. The topological polar surface area (TPSA) is 58.6 Å². The van der Waals surface area contributed by atoms with Crippen LogP contribution >= 0.6 is 24.0 Å². The van der Waals surface area contributed by atoms with Crippen molar-refractivity contribution in [3.8, 4) is 5.75 Å². The molecule has 0 atom stereocenters. The number of halogens is 5. The Morgan fingerprint density at radius 1 is 1.18 bits per heavy atom. The van der Waals surface area contributed by atoms with Crippen LogP contribution in [0.25, 0.3) is 0 Å². The predicted octanol–water partition coefficient (Wildman–Crippen LogP) is 4.97. The summed E-state index contributed by atoms with van der Waals surface area (Å²) in [6, 6.07) is 10.7. The maximum absolute atomic E-state index is 12.8. The monoisotopic (exact) mass is 437 g/mol. The molecule has 0 bridgehead atoms. The van der Waals surface area contributed by atoms with E-state index in [1.165, 1.54) is 6.07 Å². The van der Waals surface area contributed by atoms with Crippen LogP contribution in [0.5, 0.6) is 5.75 Å². The molecular formula is C19H20Cl2F3NO3. The van der Waals surface area contributed by atoms with Crippen LogP contribution in [0.3, 0.4) is 0 Å². The fourth-order valence-electron chi connectivity index (χ4n) is 2.47. The Hall–Kier alpha value is -1.96. The second-order valence-corrected chi connectivity index (χ2v) is 6.25. The van der Waals surface area contributed by atoms with Gasteiger partial charge < -0.3 is 15.2 Å². The van der Waals surface area contributed by atoms with E-state index >= 15 is 0 Å². The number of ether oxygens (including phenoxy) is 1. The second-order valence-electron chi connectivity index (χ2n) is 5.87. The Bertz CT molecular complexity index is 785. The van der Waals surface area contributed by atoms with Crippen LogP contribution in [0, 0.1) is 0 Å². The summed E-state index contributed by atoms with van der Waals surface area (Å²) in [5.74, 6) is -0.334. The van der Waals surface area contributed by atoms with E-state index in [0.717, 1.165) is 6.07 Å². The first-order chi connectivity index (χ1) is 12.8. The van der Waals surface area contributed by atoms with Crippen molar-refractivity contribution in [2.24, 2.45) is 0 Å². The summed E-state index contributed by atoms with van der Waals surface area (Å²) in [5, 5.41) is 11.5. The van der Waals surface area contributed by atoms with Gasteiger partial charge in [-0.25, -0.2) is 0 Å². The third-order valence-corrected chi connectivity index (χ3v) is 4.17. The number of aliphatic carboxylic acids is 1. The van der Waals surface area contributed by atoms with Gasteiger partial charge in [0, 0.05) is 6.54 Å². The summed E-state index contributed by atoms with van der Waals surface area (Å²) in [6.07, 6.45) is -3.92. The highest BCUT2D eigenvalue weighted by atomic mass is 35.5. The zero-order chi connectivity index (χ0) is 19.9. The average Bonchev–Trinajstić information content (AvgIpc) is 2.58. The smallest absolute Gasteiger partial charge is 0.417 e. The molecule has 2 rings (SSSR count). The van der Waals surface area contributed by atoms with E-state index in [4.69, 9.17) is 21.4 Å². The van der Waals surface area contributed by atoms with E-state index < -0.39 is 17.7 Å². The van der Waals surface area contributed by atoms with Crippen molar-refractivity contribution in [2.45, 2.75) is 25.6 Å². The van der Waals surface area contributed by atoms with E-state index in [0.29, 0.717) is 36.4 Å². The summed E-state index contributed by atoms with van der Waals surface area (Å²) in [7, 11) is 0. The first-order valence-electron chi connectivity index (χ1n) is 8.26. The van der Waals surface area contributed by atoms with Crippen LogP contribution in [0.1, 0.15) is 23.1 Å². The zero-order valence-electron chi connectivity index (χ0n) is 14.8. The number of hydrogen-bond acceptors (Lipinski definition) is 3. The molecule has 154 valence electrons. The van der Waals surface area contributed by atoms with E-state index in [-0.39, 0.29) is 30.4 Å². The first kappa shape index (κ1) is 24.1. The van der Waals surface area contributed by atoms with Crippen molar-refractivity contribution in [2.75, 3.05) is 13.2 Å². The normalized spacial score (nSPS) is 11.0. The lowest BCUT2D eigenvalue weighted by Crippen LogP contribution is -2.18. The molecule has 4 nitrogen and oxygen atoms in total. The molecule has 2 aromatic rings. The first-order valence-corrected chi connectivity index (χ1v) is 8.64. The van der Waals surface area contributed by atoms with E-state index in [1.54, 1.807) is 30.3 Å². The molecule has 0 aliphatic heterocycles. The predicted molar refractivity (Wildman–Crippen MR) is 103 cm³/mol. The van der Waals surface area contributed by atoms with Crippen molar-refractivity contribution in [3.05, 3.63) is 64.2 Å². The maximum atomic E-state index is 12.8. The molecule has 0 aromatic heterocycles. The van der Waals surface area contributed by atoms with Gasteiger partial charge in [0.05, 0.1) is 23.6 Å². The van der Waals surface area contributed by atoms with Gasteiger partial charge in [0.1, 0.15) is 5.75 Å². The number of carboxylic acids is 1. The number of rotatable bonds is 9. The molecule has 0 heterocycles. The molecule has 0 saturated carbocycles. The van der Waals surface area contributed by atoms with Gasteiger partial charge in [-0.2, -0.15) is 13.2 Å². The van der Waals surface area contributed by atoms with Crippen molar-refractivity contribution < 1.29 is 27.8 Å². The summed E-state index contributed by atoms with van der Waals surface area (Å²) >= 11 is 5.84. The minimum Gasteiger partial charge on any atom is -0.494 e. The Morgan fingerprint density at radius 2 is 1.89 bits per heavy atom. The largest absolute Gasteiger partial charge is 0.494 e. The van der Waals surface area contributed by atoms with Gasteiger partial charge >= 0.3 is 12.1 Å². The number of carboxylic acid groups (broad SMARTS) is 1. The molecular weight excluding hydrogens is 418 g/mol. The lowest BCUT2D eigenvalue weighted by molar-refractivity contribution is -0.138. The van der Waals surface area contributed by atoms with Crippen LogP contribution in [0.15, 0.2) is 42.5 Å². The van der Waals surface area contributed by atoms with E-state index in [9.17, 15) is 18.0 Å². The van der Waals surface area contributed by atoms with Crippen LogP contribution in [-0.4, -0.2) is 24.2 Å². The van der Waals surface area contributed by atoms with E-state index in [2.05, 4.69) is 5.32 Å². The van der Waals surface area contributed by atoms with Gasteiger partial charge in [0.2, 0.25) is 0 Å². The summed E-state index contributed by atoms with van der Waals surface area (Å²) in [6.45, 7) is 1.14. The Kier molecular flexibility index (Phi) is 9.58. The summed E-state index contributed by atoms with van der Waals surface area (Å²) in [4.78, 5) is 10.7. The quantitative estimate of drug-likeness (QED) is 0.543. The van der Waals surface area contributed by atoms with Gasteiger partial charge in [-0.3, -0.25) is 4.79 Å². The molecule has 2 aromatic carbocycles. The van der Waals surface area contributed by atoms with Crippen LogP contribution in [-0.2, 0) is 23.9 Å². The molecule has 0 amide bonds. The highest BCUT2D eigenvalue weighted by Gasteiger charge is 2.33. The number of benzene rings is 2. The highest BCUT2D eigenvalue weighted by molar-refractivity contribution is 6.32. The fourth-order valence-corrected chi connectivity index (χ4v) is 2.77. The Balaban J connectivity index is 0.00000392. The molecule has 0 aliphatic carbocycles.